The Morgan fingerprint density at radius 3 is 2.62 bits per heavy atom. The van der Waals surface area contributed by atoms with Crippen LogP contribution in [0.15, 0.2) is 24.3 Å². The molecule has 0 radical (unpaired) electrons. The molecule has 0 aliphatic heterocycles. The standard InChI is InChI=1S/C17H19F3N4O2/c1-10-8-12(26-17(18,19)20)4-5-13(10)22-15-9-14(11-2-3-11)23-16(24-15)21-6-7-25/h4-5,8-9,11,25H,2-3,6-7H2,1H3,(H2,21,22,23,24). The fourth-order valence-electron chi connectivity index (χ4n) is 2.48. The van der Waals surface area contributed by atoms with Crippen molar-refractivity contribution in [1.29, 1.82) is 0 Å². The number of halogens is 3. The third-order valence-electron chi connectivity index (χ3n) is 3.83. The van der Waals surface area contributed by atoms with Crippen LogP contribution in [0.1, 0.15) is 30.0 Å². The molecule has 3 rings (SSSR count). The van der Waals surface area contributed by atoms with Gasteiger partial charge in [0.05, 0.1) is 12.3 Å². The number of aliphatic hydroxyl groups is 1. The maximum Gasteiger partial charge on any atom is 0.573 e. The molecule has 0 amide bonds. The zero-order valence-electron chi connectivity index (χ0n) is 14.1. The lowest BCUT2D eigenvalue weighted by molar-refractivity contribution is -0.274. The number of benzene rings is 1. The summed E-state index contributed by atoms with van der Waals surface area (Å²) in [6.45, 7) is 1.97. The van der Waals surface area contributed by atoms with Gasteiger partial charge < -0.3 is 20.5 Å². The minimum atomic E-state index is -4.72. The lowest BCUT2D eigenvalue weighted by Crippen LogP contribution is -2.17. The van der Waals surface area contributed by atoms with Gasteiger partial charge in [-0.15, -0.1) is 13.2 Å². The molecule has 140 valence electrons. The Labute approximate surface area is 148 Å². The summed E-state index contributed by atoms with van der Waals surface area (Å²) in [5, 5.41) is 15.0. The molecule has 0 atom stereocenters. The van der Waals surface area contributed by atoms with E-state index in [0.29, 0.717) is 35.5 Å². The second-order valence-electron chi connectivity index (χ2n) is 6.08. The van der Waals surface area contributed by atoms with Crippen LogP contribution in [0.3, 0.4) is 0 Å². The molecule has 9 heteroatoms. The number of rotatable bonds is 7. The van der Waals surface area contributed by atoms with Crippen molar-refractivity contribution < 1.29 is 23.0 Å². The van der Waals surface area contributed by atoms with Crippen LogP contribution in [0.2, 0.25) is 0 Å². The average Bonchev–Trinajstić information content (AvgIpc) is 3.39. The van der Waals surface area contributed by atoms with Gasteiger partial charge >= 0.3 is 6.36 Å². The molecule has 26 heavy (non-hydrogen) atoms. The first-order chi connectivity index (χ1) is 12.3. The molecule has 1 fully saturated rings. The van der Waals surface area contributed by atoms with E-state index in [0.717, 1.165) is 18.5 Å². The Morgan fingerprint density at radius 2 is 2.00 bits per heavy atom. The highest BCUT2D eigenvalue weighted by Crippen LogP contribution is 2.40. The highest BCUT2D eigenvalue weighted by Gasteiger charge is 2.31. The monoisotopic (exact) mass is 368 g/mol. The largest absolute Gasteiger partial charge is 0.573 e. The summed E-state index contributed by atoms with van der Waals surface area (Å²) < 4.78 is 40.9. The van der Waals surface area contributed by atoms with Crippen molar-refractivity contribution in [3.63, 3.8) is 0 Å². The number of anilines is 3. The molecule has 3 N–H and O–H groups in total. The van der Waals surface area contributed by atoms with Gasteiger partial charge in [0.15, 0.2) is 0 Å². The van der Waals surface area contributed by atoms with Crippen LogP contribution < -0.4 is 15.4 Å². The van der Waals surface area contributed by atoms with Gasteiger partial charge in [-0.3, -0.25) is 0 Å². The minimum absolute atomic E-state index is 0.0421. The zero-order chi connectivity index (χ0) is 18.7. The molecular weight excluding hydrogens is 349 g/mol. The third-order valence-corrected chi connectivity index (χ3v) is 3.83. The second-order valence-corrected chi connectivity index (χ2v) is 6.08. The van der Waals surface area contributed by atoms with Gasteiger partial charge in [-0.25, -0.2) is 4.98 Å². The number of hydrogen-bond donors (Lipinski definition) is 3. The van der Waals surface area contributed by atoms with E-state index in [1.54, 1.807) is 6.92 Å². The van der Waals surface area contributed by atoms with Crippen LogP contribution >= 0.6 is 0 Å². The van der Waals surface area contributed by atoms with Crippen LogP contribution in [0.4, 0.5) is 30.6 Å². The van der Waals surface area contributed by atoms with Crippen molar-refractivity contribution in [3.05, 3.63) is 35.5 Å². The van der Waals surface area contributed by atoms with Crippen LogP contribution in [-0.4, -0.2) is 34.6 Å². The SMILES string of the molecule is Cc1cc(OC(F)(F)F)ccc1Nc1cc(C2CC2)nc(NCCO)n1. The van der Waals surface area contributed by atoms with Gasteiger partial charge in [0.1, 0.15) is 11.6 Å². The number of aryl methyl sites for hydroxylation is 1. The molecule has 1 aromatic carbocycles. The van der Waals surface area contributed by atoms with E-state index in [-0.39, 0.29) is 12.4 Å². The van der Waals surface area contributed by atoms with Gasteiger partial charge in [0, 0.05) is 24.2 Å². The number of aromatic nitrogens is 2. The van der Waals surface area contributed by atoms with Gasteiger partial charge in [-0.05, 0) is 43.5 Å². The molecule has 1 aliphatic carbocycles. The van der Waals surface area contributed by atoms with Crippen LogP contribution in [0.25, 0.3) is 0 Å². The number of alkyl halides is 3. The molecule has 0 unspecified atom stereocenters. The van der Waals surface area contributed by atoms with E-state index >= 15 is 0 Å². The van der Waals surface area contributed by atoms with E-state index in [1.165, 1.54) is 18.2 Å². The van der Waals surface area contributed by atoms with Crippen molar-refractivity contribution in [1.82, 2.24) is 9.97 Å². The summed E-state index contributed by atoms with van der Waals surface area (Å²) in [6, 6.07) is 5.90. The fraction of sp³-hybridized carbons (Fsp3) is 0.412. The molecule has 0 saturated heterocycles. The van der Waals surface area contributed by atoms with Crippen LogP contribution in [0.5, 0.6) is 5.75 Å². The fourth-order valence-corrected chi connectivity index (χ4v) is 2.48. The Morgan fingerprint density at radius 1 is 1.23 bits per heavy atom. The molecule has 1 heterocycles. The Bertz CT molecular complexity index is 779. The molecule has 1 aromatic heterocycles. The highest BCUT2D eigenvalue weighted by molar-refractivity contribution is 5.63. The lowest BCUT2D eigenvalue weighted by atomic mass is 10.2. The summed E-state index contributed by atoms with van der Waals surface area (Å²) in [5.41, 5.74) is 2.11. The summed E-state index contributed by atoms with van der Waals surface area (Å²) >= 11 is 0. The predicted molar refractivity (Wildman–Crippen MR) is 90.7 cm³/mol. The van der Waals surface area contributed by atoms with Crippen LogP contribution in [-0.2, 0) is 0 Å². The third kappa shape index (κ3) is 4.98. The maximum absolute atomic E-state index is 12.3. The van der Waals surface area contributed by atoms with Crippen molar-refractivity contribution in [2.24, 2.45) is 0 Å². The average molecular weight is 368 g/mol. The Kier molecular flexibility index (Phi) is 5.17. The molecular formula is C17H19F3N4O2. The number of ether oxygens (including phenoxy) is 1. The second kappa shape index (κ2) is 7.36. The summed E-state index contributed by atoms with van der Waals surface area (Å²) in [4.78, 5) is 8.78. The normalized spacial score (nSPS) is 14.2. The van der Waals surface area contributed by atoms with Crippen molar-refractivity contribution in [2.75, 3.05) is 23.8 Å². The van der Waals surface area contributed by atoms with Crippen LogP contribution in [0, 0.1) is 6.92 Å². The quantitative estimate of drug-likeness (QED) is 0.691. The summed E-state index contributed by atoms with van der Waals surface area (Å²) in [5.74, 6) is 1.07. The first-order valence-corrected chi connectivity index (χ1v) is 8.21. The van der Waals surface area contributed by atoms with E-state index < -0.39 is 6.36 Å². The molecule has 0 spiro atoms. The van der Waals surface area contributed by atoms with E-state index in [1.807, 2.05) is 6.07 Å². The van der Waals surface area contributed by atoms with Crippen molar-refractivity contribution >= 4 is 17.5 Å². The van der Waals surface area contributed by atoms with Crippen molar-refractivity contribution in [3.8, 4) is 5.75 Å². The maximum atomic E-state index is 12.3. The Hall–Kier alpha value is -2.55. The van der Waals surface area contributed by atoms with E-state index in [2.05, 4.69) is 25.3 Å². The number of nitrogens with one attached hydrogen (secondary N) is 2. The van der Waals surface area contributed by atoms with E-state index in [9.17, 15) is 13.2 Å². The van der Waals surface area contributed by atoms with Crippen molar-refractivity contribution in [2.45, 2.75) is 32.0 Å². The summed E-state index contributed by atoms with van der Waals surface area (Å²) in [6.07, 6.45) is -2.59. The van der Waals surface area contributed by atoms with Gasteiger partial charge in [-0.2, -0.15) is 4.98 Å². The van der Waals surface area contributed by atoms with Gasteiger partial charge in [0.2, 0.25) is 5.95 Å². The highest BCUT2D eigenvalue weighted by atomic mass is 19.4. The van der Waals surface area contributed by atoms with Gasteiger partial charge in [0.25, 0.3) is 0 Å². The number of hydrogen-bond acceptors (Lipinski definition) is 6. The summed E-state index contributed by atoms with van der Waals surface area (Å²) in [7, 11) is 0. The molecule has 2 aromatic rings. The molecule has 0 bridgehead atoms. The molecule has 1 saturated carbocycles. The van der Waals surface area contributed by atoms with Gasteiger partial charge in [-0.1, -0.05) is 0 Å². The lowest BCUT2D eigenvalue weighted by Gasteiger charge is -2.14. The Balaban J connectivity index is 1.80. The first kappa shape index (κ1) is 18.2. The molecule has 6 nitrogen and oxygen atoms in total. The molecule has 1 aliphatic rings. The van der Waals surface area contributed by atoms with E-state index in [4.69, 9.17) is 5.11 Å². The first-order valence-electron chi connectivity index (χ1n) is 8.21. The smallest absolute Gasteiger partial charge is 0.406 e. The predicted octanol–water partition coefficient (Wildman–Crippen LogP) is 3.71. The minimum Gasteiger partial charge on any atom is -0.406 e. The zero-order valence-corrected chi connectivity index (χ0v) is 14.1. The number of aliphatic hydroxyl groups excluding tert-OH is 1. The number of nitrogens with zero attached hydrogens (tertiary/aromatic N) is 2. The topological polar surface area (TPSA) is 79.3 Å².